The van der Waals surface area contributed by atoms with Crippen molar-refractivity contribution in [3.8, 4) is 0 Å². The van der Waals surface area contributed by atoms with E-state index in [1.165, 1.54) is 24.3 Å². The van der Waals surface area contributed by atoms with Crippen LogP contribution in [0, 0.1) is 35.4 Å². The first-order chi connectivity index (χ1) is 8.59. The molecule has 4 heteroatoms. The maximum absolute atomic E-state index is 14.1. The van der Waals surface area contributed by atoms with Crippen LogP contribution in [0.3, 0.4) is 0 Å². The molecule has 18 heavy (non-hydrogen) atoms. The summed E-state index contributed by atoms with van der Waals surface area (Å²) < 4.78 is 53.7. The Bertz CT molecular complexity index is 778. The molecule has 2 radical (unpaired) electrons. The predicted molar refractivity (Wildman–Crippen MR) is 59.0 cm³/mol. The van der Waals surface area contributed by atoms with E-state index in [1.54, 1.807) is 0 Å². The quantitative estimate of drug-likeness (QED) is 0.318. The molecule has 0 aromatic heterocycles. The number of benzene rings is 3. The van der Waals surface area contributed by atoms with Crippen LogP contribution in [0.5, 0.6) is 0 Å². The highest BCUT2D eigenvalue weighted by Crippen LogP contribution is 2.30. The van der Waals surface area contributed by atoms with Gasteiger partial charge < -0.3 is 0 Å². The lowest BCUT2D eigenvalue weighted by Gasteiger charge is -2.06. The highest BCUT2D eigenvalue weighted by atomic mass is 19.2. The molecule has 0 heterocycles. The fourth-order valence-electron chi connectivity index (χ4n) is 1.92. The Balaban J connectivity index is 2.60. The minimum absolute atomic E-state index is 0.183. The summed E-state index contributed by atoms with van der Waals surface area (Å²) in [5.41, 5.74) is 0. The van der Waals surface area contributed by atoms with E-state index >= 15 is 0 Å². The van der Waals surface area contributed by atoms with Crippen LogP contribution in [0.4, 0.5) is 17.6 Å². The maximum Gasteiger partial charge on any atom is 0.195 e. The number of hydrogen-bond acceptors (Lipinski definition) is 0. The molecule has 3 aromatic carbocycles. The first-order valence-corrected chi connectivity index (χ1v) is 5.07. The molecule has 0 saturated carbocycles. The van der Waals surface area contributed by atoms with Crippen molar-refractivity contribution >= 4 is 21.5 Å². The molecular weight excluding hydrogens is 244 g/mol. The molecule has 0 saturated heterocycles. The van der Waals surface area contributed by atoms with E-state index in [0.29, 0.717) is 5.39 Å². The van der Waals surface area contributed by atoms with E-state index in [9.17, 15) is 17.6 Å². The van der Waals surface area contributed by atoms with E-state index in [-0.39, 0.29) is 10.8 Å². The normalized spacial score (nSPS) is 11.3. The average Bonchev–Trinajstić information content (AvgIpc) is 2.38. The van der Waals surface area contributed by atoms with E-state index in [2.05, 4.69) is 6.07 Å². The van der Waals surface area contributed by atoms with E-state index in [0.717, 1.165) is 0 Å². The minimum atomic E-state index is -1.65. The molecule has 0 atom stereocenters. The van der Waals surface area contributed by atoms with Crippen LogP contribution in [0.15, 0.2) is 24.3 Å². The van der Waals surface area contributed by atoms with Crippen LogP contribution in [0.1, 0.15) is 0 Å². The first-order valence-electron chi connectivity index (χ1n) is 5.07. The molecule has 0 unspecified atom stereocenters. The number of rotatable bonds is 0. The van der Waals surface area contributed by atoms with Gasteiger partial charge in [-0.2, -0.15) is 0 Å². The number of hydrogen-bond donors (Lipinski definition) is 0. The summed E-state index contributed by atoms with van der Waals surface area (Å²) in [6, 6.07) is 10.2. The van der Waals surface area contributed by atoms with E-state index < -0.39 is 28.7 Å². The fraction of sp³-hybridized carbons (Fsp3) is 0. The second-order valence-corrected chi connectivity index (χ2v) is 3.83. The second-order valence-electron chi connectivity index (χ2n) is 3.83. The SMILES string of the molecule is Fc1[c]c2c(F)c3cc[c]cc3cc2c(F)c1F. The fourth-order valence-corrected chi connectivity index (χ4v) is 1.92. The molecule has 3 rings (SSSR count). The summed E-state index contributed by atoms with van der Waals surface area (Å²) in [5.74, 6) is -5.41. The number of halogens is 4. The first kappa shape index (κ1) is 11.0. The van der Waals surface area contributed by atoms with Gasteiger partial charge in [0.15, 0.2) is 17.5 Å². The van der Waals surface area contributed by atoms with Crippen molar-refractivity contribution in [2.24, 2.45) is 0 Å². The van der Waals surface area contributed by atoms with Crippen molar-refractivity contribution in [3.05, 3.63) is 59.7 Å². The van der Waals surface area contributed by atoms with Crippen molar-refractivity contribution in [3.63, 3.8) is 0 Å². The molecule has 0 aliphatic carbocycles. The summed E-state index contributed by atoms with van der Waals surface area (Å²) in [7, 11) is 0. The highest BCUT2D eigenvalue weighted by molar-refractivity contribution is 5.99. The zero-order valence-electron chi connectivity index (χ0n) is 8.82. The van der Waals surface area contributed by atoms with Gasteiger partial charge >= 0.3 is 0 Å². The third-order valence-electron chi connectivity index (χ3n) is 2.78. The molecule has 0 N–H and O–H groups in total. The van der Waals surface area contributed by atoms with Crippen LogP contribution in [0.25, 0.3) is 21.5 Å². The van der Waals surface area contributed by atoms with Crippen LogP contribution in [-0.2, 0) is 0 Å². The molecule has 0 amide bonds. The van der Waals surface area contributed by atoms with Gasteiger partial charge in [-0.15, -0.1) is 0 Å². The zero-order valence-corrected chi connectivity index (χ0v) is 8.82. The van der Waals surface area contributed by atoms with Gasteiger partial charge in [-0.3, -0.25) is 0 Å². The summed E-state index contributed by atoms with van der Waals surface area (Å²) in [6.45, 7) is 0. The molecular formula is C14H4F4. The van der Waals surface area contributed by atoms with Crippen molar-refractivity contribution in [1.82, 2.24) is 0 Å². The Morgan fingerprint density at radius 3 is 2.44 bits per heavy atom. The Hall–Kier alpha value is -2.10. The van der Waals surface area contributed by atoms with E-state index in [4.69, 9.17) is 0 Å². The summed E-state index contributed by atoms with van der Waals surface area (Å²) in [6.07, 6.45) is 0. The Morgan fingerprint density at radius 2 is 1.67 bits per heavy atom. The van der Waals surface area contributed by atoms with Crippen molar-refractivity contribution in [2.75, 3.05) is 0 Å². The molecule has 0 fully saturated rings. The third-order valence-corrected chi connectivity index (χ3v) is 2.78. The molecule has 88 valence electrons. The van der Waals surface area contributed by atoms with Crippen LogP contribution >= 0.6 is 0 Å². The lowest BCUT2D eigenvalue weighted by Crippen LogP contribution is -1.95. The molecule has 0 spiro atoms. The van der Waals surface area contributed by atoms with Gasteiger partial charge in [-0.05, 0) is 23.6 Å². The third kappa shape index (κ3) is 1.38. The number of fused-ring (bicyclic) bond motifs is 2. The molecule has 0 aliphatic heterocycles. The molecule has 0 aliphatic rings. The molecule has 0 bridgehead atoms. The van der Waals surface area contributed by atoms with Crippen molar-refractivity contribution in [1.29, 1.82) is 0 Å². The summed E-state index contributed by atoms with van der Waals surface area (Å²) in [4.78, 5) is 0. The Labute approximate surface area is 99.5 Å². The lowest BCUT2D eigenvalue weighted by atomic mass is 10.0. The monoisotopic (exact) mass is 248 g/mol. The molecule has 0 nitrogen and oxygen atoms in total. The van der Waals surface area contributed by atoms with Gasteiger partial charge in [0.2, 0.25) is 0 Å². The van der Waals surface area contributed by atoms with Gasteiger partial charge in [-0.1, -0.05) is 12.1 Å². The lowest BCUT2D eigenvalue weighted by molar-refractivity contribution is 0.452. The van der Waals surface area contributed by atoms with E-state index in [1.807, 2.05) is 6.07 Å². The standard InChI is InChI=1S/C14H4F4/c15-11-6-10-9(13(17)14(11)18)5-7-3-1-2-4-8(7)12(10)16/h2-5H. The maximum atomic E-state index is 14.1. The largest absolute Gasteiger partial charge is 0.206 e. The van der Waals surface area contributed by atoms with Crippen LogP contribution in [0.2, 0.25) is 0 Å². The highest BCUT2D eigenvalue weighted by Gasteiger charge is 2.17. The van der Waals surface area contributed by atoms with Gasteiger partial charge in [0, 0.05) is 22.2 Å². The van der Waals surface area contributed by atoms with Crippen LogP contribution in [-0.4, -0.2) is 0 Å². The van der Waals surface area contributed by atoms with Gasteiger partial charge in [-0.25, -0.2) is 17.6 Å². The van der Waals surface area contributed by atoms with Crippen molar-refractivity contribution in [2.45, 2.75) is 0 Å². The van der Waals surface area contributed by atoms with Crippen LogP contribution < -0.4 is 0 Å². The van der Waals surface area contributed by atoms with Gasteiger partial charge in [0.25, 0.3) is 0 Å². The van der Waals surface area contributed by atoms with Gasteiger partial charge in [0.1, 0.15) is 5.82 Å². The summed E-state index contributed by atoms with van der Waals surface area (Å²) in [5, 5.41) is -0.188. The minimum Gasteiger partial charge on any atom is -0.206 e. The predicted octanol–water partition coefficient (Wildman–Crippen LogP) is 4.15. The summed E-state index contributed by atoms with van der Waals surface area (Å²) >= 11 is 0. The van der Waals surface area contributed by atoms with Gasteiger partial charge in [0.05, 0.1) is 0 Å². The van der Waals surface area contributed by atoms with Crippen molar-refractivity contribution < 1.29 is 17.6 Å². The second kappa shape index (κ2) is 3.70. The Morgan fingerprint density at radius 1 is 0.889 bits per heavy atom. The topological polar surface area (TPSA) is 0 Å². The average molecular weight is 248 g/mol. The zero-order chi connectivity index (χ0) is 12.9. The Kier molecular flexibility index (Phi) is 2.26. The molecule has 3 aromatic rings. The smallest absolute Gasteiger partial charge is 0.195 e.